The van der Waals surface area contributed by atoms with E-state index >= 15 is 0 Å². The van der Waals surface area contributed by atoms with Crippen molar-refractivity contribution in [3.05, 3.63) is 40.9 Å². The first-order chi connectivity index (χ1) is 8.13. The van der Waals surface area contributed by atoms with Crippen molar-refractivity contribution < 1.29 is 5.11 Å². The highest BCUT2D eigenvalue weighted by Gasteiger charge is 1.98. The first-order valence-corrected chi connectivity index (χ1v) is 6.00. The van der Waals surface area contributed by atoms with Gasteiger partial charge in [-0.05, 0) is 30.4 Å². The Morgan fingerprint density at radius 1 is 1.59 bits per heavy atom. The van der Waals surface area contributed by atoms with Gasteiger partial charge in [-0.15, -0.1) is 6.58 Å². The molecular weight excluding hydrogens is 302 g/mol. The van der Waals surface area contributed by atoms with Gasteiger partial charge in [0.25, 0.3) is 0 Å². The van der Waals surface area contributed by atoms with Gasteiger partial charge < -0.3 is 10.4 Å². The van der Waals surface area contributed by atoms with Crippen molar-refractivity contribution in [2.75, 3.05) is 6.54 Å². The molecule has 0 spiro atoms. The fourth-order valence-electron chi connectivity index (χ4n) is 0.994. The first kappa shape index (κ1) is 13.7. The quantitative estimate of drug-likeness (QED) is 0.345. The molecule has 0 aromatic heterocycles. The molecule has 0 unspecified atom stereocenters. The smallest absolute Gasteiger partial charge is 0.187 e. The topological polar surface area (TPSA) is 56.7 Å². The number of benzene rings is 1. The van der Waals surface area contributed by atoms with Crippen LogP contribution < -0.4 is 10.7 Å². The lowest BCUT2D eigenvalue weighted by Crippen LogP contribution is -2.31. The van der Waals surface area contributed by atoms with Gasteiger partial charge in [0.05, 0.1) is 6.21 Å². The molecule has 4 nitrogen and oxygen atoms in total. The highest BCUT2D eigenvalue weighted by Crippen LogP contribution is 2.19. The molecule has 0 bridgehead atoms. The van der Waals surface area contributed by atoms with Crippen molar-refractivity contribution in [1.82, 2.24) is 10.7 Å². The number of aromatic hydroxyl groups is 1. The summed E-state index contributed by atoms with van der Waals surface area (Å²) < 4.78 is 0.865. The molecule has 90 valence electrons. The van der Waals surface area contributed by atoms with Gasteiger partial charge in [-0.1, -0.05) is 22.0 Å². The summed E-state index contributed by atoms with van der Waals surface area (Å²) >= 11 is 8.25. The molecule has 1 aromatic carbocycles. The summed E-state index contributed by atoms with van der Waals surface area (Å²) in [6.07, 6.45) is 3.18. The van der Waals surface area contributed by atoms with E-state index in [2.05, 4.69) is 38.4 Å². The maximum absolute atomic E-state index is 9.54. The number of nitrogens with one attached hydrogen (secondary N) is 2. The summed E-state index contributed by atoms with van der Waals surface area (Å²) in [4.78, 5) is 0. The van der Waals surface area contributed by atoms with E-state index in [9.17, 15) is 5.11 Å². The minimum atomic E-state index is 0.156. The van der Waals surface area contributed by atoms with Crippen molar-refractivity contribution in [3.63, 3.8) is 0 Å². The van der Waals surface area contributed by atoms with Crippen LogP contribution in [0.15, 0.2) is 40.4 Å². The van der Waals surface area contributed by atoms with Crippen molar-refractivity contribution in [2.45, 2.75) is 0 Å². The summed E-state index contributed by atoms with van der Waals surface area (Å²) in [5, 5.41) is 16.7. The van der Waals surface area contributed by atoms with Crippen LogP contribution in [0.3, 0.4) is 0 Å². The lowest BCUT2D eigenvalue weighted by Gasteiger charge is -2.03. The molecule has 0 saturated carbocycles. The standard InChI is InChI=1S/C11H12BrN3OS/c1-2-5-13-11(17)15-14-7-8-6-9(12)3-4-10(8)16/h2-4,6-7,16H,1,5H2,(H2,13,15,17)/b14-7+. The molecule has 0 aliphatic carbocycles. The van der Waals surface area contributed by atoms with Gasteiger partial charge in [0.2, 0.25) is 0 Å². The molecule has 0 aliphatic heterocycles. The van der Waals surface area contributed by atoms with Gasteiger partial charge in [0, 0.05) is 16.6 Å². The Hall–Kier alpha value is -1.40. The number of halogens is 1. The van der Waals surface area contributed by atoms with E-state index in [0.29, 0.717) is 17.2 Å². The molecule has 0 amide bonds. The van der Waals surface area contributed by atoms with Gasteiger partial charge in [0.15, 0.2) is 5.11 Å². The molecule has 0 saturated heterocycles. The highest BCUT2D eigenvalue weighted by molar-refractivity contribution is 9.10. The van der Waals surface area contributed by atoms with Crippen LogP contribution in [0, 0.1) is 0 Å². The number of rotatable bonds is 4. The second kappa shape index (κ2) is 7.03. The average Bonchev–Trinajstić information content (AvgIpc) is 2.31. The maximum Gasteiger partial charge on any atom is 0.187 e. The molecule has 0 atom stereocenters. The second-order valence-corrected chi connectivity index (χ2v) is 4.40. The molecule has 0 heterocycles. The molecular formula is C11H12BrN3OS. The van der Waals surface area contributed by atoms with E-state index in [4.69, 9.17) is 12.2 Å². The van der Waals surface area contributed by atoms with Crippen LogP contribution in [-0.4, -0.2) is 23.0 Å². The second-order valence-electron chi connectivity index (χ2n) is 3.07. The fourth-order valence-corrected chi connectivity index (χ4v) is 1.51. The number of phenols is 1. The van der Waals surface area contributed by atoms with Crippen molar-refractivity contribution >= 4 is 39.5 Å². The van der Waals surface area contributed by atoms with Crippen LogP contribution in [0.25, 0.3) is 0 Å². The Balaban J connectivity index is 2.56. The number of phenolic OH excluding ortho intramolecular Hbond substituents is 1. The maximum atomic E-state index is 9.54. The summed E-state index contributed by atoms with van der Waals surface area (Å²) in [6.45, 7) is 4.13. The zero-order valence-electron chi connectivity index (χ0n) is 8.98. The van der Waals surface area contributed by atoms with Crippen LogP contribution in [0.4, 0.5) is 0 Å². The van der Waals surface area contributed by atoms with Crippen LogP contribution in [0.1, 0.15) is 5.56 Å². The van der Waals surface area contributed by atoms with E-state index in [1.807, 2.05) is 0 Å². The lowest BCUT2D eigenvalue weighted by molar-refractivity contribution is 0.474. The van der Waals surface area contributed by atoms with E-state index < -0.39 is 0 Å². The van der Waals surface area contributed by atoms with Gasteiger partial charge in [-0.2, -0.15) is 5.10 Å². The van der Waals surface area contributed by atoms with Gasteiger partial charge in [-0.3, -0.25) is 5.43 Å². The van der Waals surface area contributed by atoms with Crippen LogP contribution in [0.2, 0.25) is 0 Å². The van der Waals surface area contributed by atoms with Gasteiger partial charge >= 0.3 is 0 Å². The monoisotopic (exact) mass is 313 g/mol. The number of nitrogens with zero attached hydrogens (tertiary/aromatic N) is 1. The van der Waals surface area contributed by atoms with E-state index in [0.717, 1.165) is 4.47 Å². The minimum absolute atomic E-state index is 0.156. The molecule has 0 fully saturated rings. The third-order valence-electron chi connectivity index (χ3n) is 1.77. The number of thiocarbonyl (C=S) groups is 1. The average molecular weight is 314 g/mol. The van der Waals surface area contributed by atoms with Crippen LogP contribution in [-0.2, 0) is 0 Å². The molecule has 0 aliphatic rings. The number of hydrogen-bond donors (Lipinski definition) is 3. The zero-order chi connectivity index (χ0) is 12.7. The predicted molar refractivity (Wildman–Crippen MR) is 77.3 cm³/mol. The first-order valence-electron chi connectivity index (χ1n) is 4.80. The van der Waals surface area contributed by atoms with E-state index in [-0.39, 0.29) is 5.75 Å². The Labute approximate surface area is 114 Å². The van der Waals surface area contributed by atoms with E-state index in [1.54, 1.807) is 24.3 Å². The molecule has 17 heavy (non-hydrogen) atoms. The summed E-state index contributed by atoms with van der Waals surface area (Å²) in [7, 11) is 0. The Morgan fingerprint density at radius 2 is 2.35 bits per heavy atom. The molecule has 0 radical (unpaired) electrons. The molecule has 3 N–H and O–H groups in total. The minimum Gasteiger partial charge on any atom is -0.507 e. The SMILES string of the molecule is C=CCNC(=S)N/N=C/c1cc(Br)ccc1O. The third kappa shape index (κ3) is 4.97. The van der Waals surface area contributed by atoms with E-state index in [1.165, 1.54) is 6.21 Å². The molecule has 1 aromatic rings. The normalized spacial score (nSPS) is 10.2. The fraction of sp³-hybridized carbons (Fsp3) is 0.0909. The number of hydrogen-bond acceptors (Lipinski definition) is 3. The van der Waals surface area contributed by atoms with Crippen LogP contribution in [0.5, 0.6) is 5.75 Å². The zero-order valence-corrected chi connectivity index (χ0v) is 11.4. The van der Waals surface area contributed by atoms with Gasteiger partial charge in [-0.25, -0.2) is 0 Å². The third-order valence-corrected chi connectivity index (χ3v) is 2.50. The van der Waals surface area contributed by atoms with Crippen molar-refractivity contribution in [2.24, 2.45) is 5.10 Å². The Morgan fingerprint density at radius 3 is 3.06 bits per heavy atom. The van der Waals surface area contributed by atoms with Crippen LogP contribution >= 0.6 is 28.1 Å². The summed E-state index contributed by atoms with van der Waals surface area (Å²) in [5.74, 6) is 0.156. The highest BCUT2D eigenvalue weighted by atomic mass is 79.9. The number of hydrazone groups is 1. The molecule has 1 rings (SSSR count). The Bertz CT molecular complexity index is 448. The summed E-state index contributed by atoms with van der Waals surface area (Å²) in [6, 6.07) is 5.08. The van der Waals surface area contributed by atoms with Crippen molar-refractivity contribution in [1.29, 1.82) is 0 Å². The predicted octanol–water partition coefficient (Wildman–Crippen LogP) is 2.14. The van der Waals surface area contributed by atoms with Crippen molar-refractivity contribution in [3.8, 4) is 5.75 Å². The summed E-state index contributed by atoms with van der Waals surface area (Å²) in [5.41, 5.74) is 3.22. The Kier molecular flexibility index (Phi) is 5.65. The molecule has 6 heteroatoms. The largest absolute Gasteiger partial charge is 0.507 e. The lowest BCUT2D eigenvalue weighted by atomic mass is 10.2. The van der Waals surface area contributed by atoms with Gasteiger partial charge in [0.1, 0.15) is 5.75 Å².